The number of thioether (sulfide) groups is 1. The van der Waals surface area contributed by atoms with Crippen molar-refractivity contribution < 1.29 is 4.79 Å². The van der Waals surface area contributed by atoms with Crippen molar-refractivity contribution >= 4 is 34.9 Å². The lowest BCUT2D eigenvalue weighted by Crippen LogP contribution is -2.38. The zero-order valence-corrected chi connectivity index (χ0v) is 13.2. The van der Waals surface area contributed by atoms with Crippen LogP contribution in [-0.4, -0.2) is 29.4 Å². The fourth-order valence-corrected chi connectivity index (χ4v) is 2.47. The highest BCUT2D eigenvalue weighted by Crippen LogP contribution is 2.07. The smallest absolute Gasteiger partial charge is 0.229 e. The molecular formula is C13H26N2OS2. The zero-order chi connectivity index (χ0) is 13.8. The predicted molar refractivity (Wildman–Crippen MR) is 85.0 cm³/mol. The van der Waals surface area contributed by atoms with Gasteiger partial charge in [0, 0.05) is 6.54 Å². The van der Waals surface area contributed by atoms with E-state index < -0.39 is 0 Å². The number of unbranched alkanes of at least 4 members (excludes halogenated alkanes) is 3. The Hall–Kier alpha value is -0.290. The van der Waals surface area contributed by atoms with Crippen LogP contribution >= 0.6 is 24.0 Å². The summed E-state index contributed by atoms with van der Waals surface area (Å²) in [7, 11) is 0. The van der Waals surface area contributed by atoms with Gasteiger partial charge in [0.15, 0.2) is 0 Å². The van der Waals surface area contributed by atoms with Gasteiger partial charge in [0.2, 0.25) is 5.91 Å². The minimum atomic E-state index is -0.290. The number of nitrogens with one attached hydrogen (secondary N) is 1. The van der Waals surface area contributed by atoms with Crippen LogP contribution in [0.4, 0.5) is 0 Å². The van der Waals surface area contributed by atoms with Crippen molar-refractivity contribution in [3.05, 3.63) is 0 Å². The van der Waals surface area contributed by atoms with Crippen molar-refractivity contribution in [2.45, 2.75) is 45.4 Å². The lowest BCUT2D eigenvalue weighted by molar-refractivity contribution is -0.123. The van der Waals surface area contributed by atoms with E-state index >= 15 is 0 Å². The van der Waals surface area contributed by atoms with Crippen LogP contribution in [0.1, 0.15) is 45.4 Å². The predicted octanol–water partition coefficient (Wildman–Crippen LogP) is 2.73. The van der Waals surface area contributed by atoms with Crippen LogP contribution in [-0.2, 0) is 4.79 Å². The molecule has 0 spiro atoms. The summed E-state index contributed by atoms with van der Waals surface area (Å²) in [6.07, 6.45) is 8.51. The highest BCUT2D eigenvalue weighted by molar-refractivity contribution is 7.98. The quantitative estimate of drug-likeness (QED) is 0.454. The summed E-state index contributed by atoms with van der Waals surface area (Å²) in [6, 6.07) is 0. The molecule has 0 aromatic heterocycles. The molecule has 0 aliphatic rings. The van der Waals surface area contributed by atoms with Crippen LogP contribution in [0.25, 0.3) is 0 Å². The van der Waals surface area contributed by atoms with Crippen LogP contribution < -0.4 is 11.1 Å². The molecule has 0 aromatic carbocycles. The van der Waals surface area contributed by atoms with Crippen LogP contribution in [0.15, 0.2) is 0 Å². The normalized spacial score (nSPS) is 12.1. The fraction of sp³-hybridized carbons (Fsp3) is 0.846. The van der Waals surface area contributed by atoms with Crippen molar-refractivity contribution in [1.29, 1.82) is 0 Å². The van der Waals surface area contributed by atoms with Gasteiger partial charge in [-0.05, 0) is 31.3 Å². The van der Waals surface area contributed by atoms with E-state index in [0.717, 1.165) is 25.8 Å². The average Bonchev–Trinajstić information content (AvgIpc) is 2.34. The number of hydrogen-bond donors (Lipinski definition) is 2. The summed E-state index contributed by atoms with van der Waals surface area (Å²) in [5.41, 5.74) is 5.58. The first kappa shape index (κ1) is 17.7. The number of nitrogens with two attached hydrogens (primary N) is 1. The SMILES string of the molecule is CCCC(C(=O)NCCCCCCSC)C(N)=S. The average molecular weight is 290 g/mol. The first-order valence-electron chi connectivity index (χ1n) is 6.69. The van der Waals surface area contributed by atoms with Gasteiger partial charge in [-0.2, -0.15) is 11.8 Å². The van der Waals surface area contributed by atoms with Crippen LogP contribution in [0.5, 0.6) is 0 Å². The van der Waals surface area contributed by atoms with Crippen molar-refractivity contribution in [2.24, 2.45) is 11.7 Å². The van der Waals surface area contributed by atoms with Gasteiger partial charge < -0.3 is 11.1 Å². The number of carbonyl (C=O) groups excluding carboxylic acids is 1. The Labute approximate surface area is 121 Å². The molecule has 0 aliphatic heterocycles. The first-order chi connectivity index (χ1) is 8.63. The van der Waals surface area contributed by atoms with Crippen molar-refractivity contribution in [3.8, 4) is 0 Å². The Morgan fingerprint density at radius 3 is 2.56 bits per heavy atom. The molecule has 3 nitrogen and oxygen atoms in total. The third kappa shape index (κ3) is 8.75. The van der Waals surface area contributed by atoms with Crippen LogP contribution in [0.2, 0.25) is 0 Å². The van der Waals surface area contributed by atoms with Crippen molar-refractivity contribution in [1.82, 2.24) is 5.32 Å². The third-order valence-corrected chi connectivity index (χ3v) is 3.79. The van der Waals surface area contributed by atoms with E-state index in [1.165, 1.54) is 25.0 Å². The molecule has 5 heteroatoms. The molecule has 1 unspecified atom stereocenters. The Bertz CT molecular complexity index is 247. The maximum atomic E-state index is 11.8. The van der Waals surface area contributed by atoms with E-state index in [1.54, 1.807) is 0 Å². The topological polar surface area (TPSA) is 55.1 Å². The van der Waals surface area contributed by atoms with E-state index in [4.69, 9.17) is 18.0 Å². The molecular weight excluding hydrogens is 264 g/mol. The summed E-state index contributed by atoms with van der Waals surface area (Å²) in [4.78, 5) is 12.1. The Kier molecular flexibility index (Phi) is 11.6. The van der Waals surface area contributed by atoms with Crippen molar-refractivity contribution in [3.63, 3.8) is 0 Å². The Morgan fingerprint density at radius 2 is 2.00 bits per heavy atom. The maximum Gasteiger partial charge on any atom is 0.229 e. The molecule has 0 heterocycles. The fourth-order valence-electron chi connectivity index (χ4n) is 1.75. The molecule has 0 saturated carbocycles. The van der Waals surface area contributed by atoms with E-state index in [1.807, 2.05) is 18.7 Å². The standard InChI is InChI=1S/C13H26N2OS2/c1-3-8-11(12(14)17)13(16)15-9-6-4-5-7-10-18-2/h11H,3-10H2,1-2H3,(H2,14,17)(H,15,16). The lowest BCUT2D eigenvalue weighted by Gasteiger charge is -2.14. The van der Waals surface area contributed by atoms with E-state index in [2.05, 4.69) is 11.6 Å². The number of hydrogen-bond acceptors (Lipinski definition) is 3. The van der Waals surface area contributed by atoms with Gasteiger partial charge >= 0.3 is 0 Å². The summed E-state index contributed by atoms with van der Waals surface area (Å²) >= 11 is 6.81. The second-order valence-corrected chi connectivity index (χ2v) is 5.90. The zero-order valence-electron chi connectivity index (χ0n) is 11.5. The molecule has 106 valence electrons. The number of rotatable bonds is 11. The largest absolute Gasteiger partial charge is 0.393 e. The second kappa shape index (κ2) is 11.8. The van der Waals surface area contributed by atoms with E-state index in [9.17, 15) is 4.79 Å². The lowest BCUT2D eigenvalue weighted by atomic mass is 10.0. The molecule has 3 N–H and O–H groups in total. The molecule has 1 atom stereocenters. The van der Waals surface area contributed by atoms with Gasteiger partial charge in [-0.1, -0.05) is 38.4 Å². The monoisotopic (exact) mass is 290 g/mol. The summed E-state index contributed by atoms with van der Waals surface area (Å²) < 4.78 is 0. The van der Waals surface area contributed by atoms with Crippen molar-refractivity contribution in [2.75, 3.05) is 18.6 Å². The second-order valence-electron chi connectivity index (χ2n) is 4.44. The molecule has 0 bridgehead atoms. The first-order valence-corrected chi connectivity index (χ1v) is 8.49. The number of amides is 1. The minimum absolute atomic E-state index is 0.00605. The Morgan fingerprint density at radius 1 is 1.33 bits per heavy atom. The molecule has 0 radical (unpaired) electrons. The minimum Gasteiger partial charge on any atom is -0.393 e. The highest BCUT2D eigenvalue weighted by atomic mass is 32.2. The molecule has 18 heavy (non-hydrogen) atoms. The van der Waals surface area contributed by atoms with Gasteiger partial charge in [-0.25, -0.2) is 0 Å². The summed E-state index contributed by atoms with van der Waals surface area (Å²) in [6.45, 7) is 2.77. The van der Waals surface area contributed by atoms with Crippen LogP contribution in [0, 0.1) is 5.92 Å². The Balaban J connectivity index is 3.64. The summed E-state index contributed by atoms with van der Waals surface area (Å²) in [5, 5.41) is 2.93. The van der Waals surface area contributed by atoms with E-state index in [0.29, 0.717) is 4.99 Å². The maximum absolute atomic E-state index is 11.8. The molecule has 0 aromatic rings. The molecule has 0 fully saturated rings. The van der Waals surface area contributed by atoms with Gasteiger partial charge in [0.25, 0.3) is 0 Å². The van der Waals surface area contributed by atoms with Gasteiger partial charge in [-0.3, -0.25) is 4.79 Å². The molecule has 0 rings (SSSR count). The summed E-state index contributed by atoms with van der Waals surface area (Å²) in [5.74, 6) is 0.932. The van der Waals surface area contributed by atoms with Gasteiger partial charge in [0.05, 0.1) is 10.9 Å². The number of carbonyl (C=O) groups is 1. The van der Waals surface area contributed by atoms with Gasteiger partial charge in [0.1, 0.15) is 0 Å². The molecule has 0 aliphatic carbocycles. The highest BCUT2D eigenvalue weighted by Gasteiger charge is 2.19. The van der Waals surface area contributed by atoms with E-state index in [-0.39, 0.29) is 11.8 Å². The number of thiocarbonyl (C=S) groups is 1. The molecule has 0 saturated heterocycles. The van der Waals surface area contributed by atoms with Crippen LogP contribution in [0.3, 0.4) is 0 Å². The molecule has 1 amide bonds. The van der Waals surface area contributed by atoms with Gasteiger partial charge in [-0.15, -0.1) is 0 Å². The third-order valence-electron chi connectivity index (χ3n) is 2.81.